The number of rotatable bonds is 14. The van der Waals surface area contributed by atoms with E-state index < -0.39 is 4.46 Å². The van der Waals surface area contributed by atoms with Gasteiger partial charge in [-0.3, -0.25) is 9.80 Å². The Morgan fingerprint density at radius 2 is 1.23 bits per heavy atom. The number of nitrogens with zero attached hydrogens (tertiary/aromatic N) is 2. The lowest BCUT2D eigenvalue weighted by atomic mass is 10.0. The third-order valence-electron chi connectivity index (χ3n) is 4.67. The molecule has 0 bridgehead atoms. The van der Waals surface area contributed by atoms with E-state index in [9.17, 15) is 0 Å². The fraction of sp³-hybridized carbons (Fsp3) is 1.00. The van der Waals surface area contributed by atoms with E-state index in [2.05, 4.69) is 44.4 Å². The topological polar surface area (TPSA) is 6.48 Å². The van der Waals surface area contributed by atoms with Gasteiger partial charge in [0.2, 0.25) is 0 Å². The van der Waals surface area contributed by atoms with E-state index in [1.807, 2.05) is 0 Å². The standard InChI is InChI=1S/C18H38Cl2N2/c1-6-11-12-13-14-15-16-17(21(7-2)8-3)18(19,20)22(9-4)10-5/h17H,6-16H2,1-5H3. The van der Waals surface area contributed by atoms with E-state index >= 15 is 0 Å². The van der Waals surface area contributed by atoms with Crippen LogP contribution in [0.2, 0.25) is 0 Å². The zero-order valence-electron chi connectivity index (χ0n) is 15.5. The Labute approximate surface area is 149 Å². The van der Waals surface area contributed by atoms with E-state index in [1.165, 1.54) is 38.5 Å². The molecule has 22 heavy (non-hydrogen) atoms. The highest BCUT2D eigenvalue weighted by molar-refractivity contribution is 6.48. The first kappa shape index (κ1) is 22.5. The molecule has 0 aliphatic carbocycles. The number of likely N-dealkylation sites (N-methyl/N-ethyl adjacent to an activating group) is 2. The van der Waals surface area contributed by atoms with Crippen LogP contribution < -0.4 is 0 Å². The molecule has 0 saturated heterocycles. The highest BCUT2D eigenvalue weighted by Gasteiger charge is 2.41. The zero-order chi connectivity index (χ0) is 17.0. The average molecular weight is 353 g/mol. The van der Waals surface area contributed by atoms with Crippen LogP contribution in [0.3, 0.4) is 0 Å². The van der Waals surface area contributed by atoms with E-state index in [1.54, 1.807) is 0 Å². The number of halogens is 2. The first-order valence-corrected chi connectivity index (χ1v) is 10.1. The predicted octanol–water partition coefficient (Wildman–Crippen LogP) is 5.92. The van der Waals surface area contributed by atoms with E-state index in [0.717, 1.165) is 32.6 Å². The Morgan fingerprint density at radius 1 is 0.727 bits per heavy atom. The molecule has 0 aliphatic heterocycles. The minimum atomic E-state index is -0.793. The third-order valence-corrected chi connectivity index (χ3v) is 5.65. The summed E-state index contributed by atoms with van der Waals surface area (Å²) in [6.07, 6.45) is 8.94. The fourth-order valence-corrected chi connectivity index (χ4v) is 4.19. The van der Waals surface area contributed by atoms with Crippen molar-refractivity contribution in [2.24, 2.45) is 0 Å². The second-order valence-electron chi connectivity index (χ2n) is 6.05. The number of hydrogen-bond acceptors (Lipinski definition) is 2. The second-order valence-corrected chi connectivity index (χ2v) is 7.40. The molecular formula is C18H38Cl2N2. The van der Waals surface area contributed by atoms with Crippen molar-refractivity contribution in [3.05, 3.63) is 0 Å². The van der Waals surface area contributed by atoms with Crippen LogP contribution in [0, 0.1) is 0 Å². The normalized spacial score (nSPS) is 14.0. The Balaban J connectivity index is 4.68. The van der Waals surface area contributed by atoms with Crippen LogP contribution in [0.25, 0.3) is 0 Å². The molecule has 2 nitrogen and oxygen atoms in total. The maximum atomic E-state index is 6.83. The van der Waals surface area contributed by atoms with Crippen molar-refractivity contribution in [2.45, 2.75) is 90.1 Å². The van der Waals surface area contributed by atoms with Crippen molar-refractivity contribution in [2.75, 3.05) is 26.2 Å². The summed E-state index contributed by atoms with van der Waals surface area (Å²) < 4.78 is -0.793. The van der Waals surface area contributed by atoms with Gasteiger partial charge in [0.05, 0.1) is 6.04 Å². The molecule has 0 aromatic heterocycles. The summed E-state index contributed by atoms with van der Waals surface area (Å²) in [5.41, 5.74) is 0. The lowest BCUT2D eigenvalue weighted by molar-refractivity contribution is 0.102. The Hall–Kier alpha value is 0.500. The second kappa shape index (κ2) is 12.9. The molecule has 0 radical (unpaired) electrons. The van der Waals surface area contributed by atoms with Crippen molar-refractivity contribution in [1.82, 2.24) is 9.80 Å². The predicted molar refractivity (Wildman–Crippen MR) is 102 cm³/mol. The van der Waals surface area contributed by atoms with Gasteiger partial charge in [-0.25, -0.2) is 0 Å². The molecule has 0 saturated carbocycles. The van der Waals surface area contributed by atoms with Crippen LogP contribution in [-0.4, -0.2) is 46.5 Å². The van der Waals surface area contributed by atoms with Crippen LogP contribution in [0.4, 0.5) is 0 Å². The lowest BCUT2D eigenvalue weighted by Gasteiger charge is -2.44. The lowest BCUT2D eigenvalue weighted by Crippen LogP contribution is -2.55. The summed E-state index contributed by atoms with van der Waals surface area (Å²) in [7, 11) is 0. The third kappa shape index (κ3) is 7.38. The summed E-state index contributed by atoms with van der Waals surface area (Å²) in [6, 6.07) is 0.205. The average Bonchev–Trinajstić information content (AvgIpc) is 2.50. The number of hydrogen-bond donors (Lipinski definition) is 0. The molecule has 0 aromatic carbocycles. The fourth-order valence-electron chi connectivity index (χ4n) is 3.21. The molecular weight excluding hydrogens is 315 g/mol. The number of unbranched alkanes of at least 4 members (excludes halogenated alkanes) is 5. The molecule has 0 spiro atoms. The molecule has 1 unspecified atom stereocenters. The largest absolute Gasteiger partial charge is 0.297 e. The van der Waals surface area contributed by atoms with Gasteiger partial charge in [0, 0.05) is 0 Å². The van der Waals surface area contributed by atoms with Crippen LogP contribution in [0.5, 0.6) is 0 Å². The molecule has 0 aliphatic rings. The van der Waals surface area contributed by atoms with Gasteiger partial charge >= 0.3 is 0 Å². The molecule has 1 atom stereocenters. The van der Waals surface area contributed by atoms with Crippen LogP contribution in [-0.2, 0) is 0 Å². The van der Waals surface area contributed by atoms with Crippen molar-refractivity contribution in [1.29, 1.82) is 0 Å². The van der Waals surface area contributed by atoms with Gasteiger partial charge in [0.25, 0.3) is 0 Å². The molecule has 0 amide bonds. The zero-order valence-corrected chi connectivity index (χ0v) is 17.0. The first-order valence-electron chi connectivity index (χ1n) is 9.36. The number of alkyl halides is 2. The van der Waals surface area contributed by atoms with Crippen molar-refractivity contribution >= 4 is 23.2 Å². The highest BCUT2D eigenvalue weighted by Crippen LogP contribution is 2.35. The van der Waals surface area contributed by atoms with Gasteiger partial charge in [0.1, 0.15) is 0 Å². The van der Waals surface area contributed by atoms with Gasteiger partial charge in [-0.2, -0.15) is 0 Å². The van der Waals surface area contributed by atoms with Gasteiger partial charge in [-0.1, -0.05) is 96.3 Å². The van der Waals surface area contributed by atoms with E-state index in [-0.39, 0.29) is 6.04 Å². The van der Waals surface area contributed by atoms with Gasteiger partial charge in [-0.15, -0.1) is 0 Å². The van der Waals surface area contributed by atoms with E-state index in [4.69, 9.17) is 23.2 Å². The van der Waals surface area contributed by atoms with Crippen LogP contribution >= 0.6 is 23.2 Å². The van der Waals surface area contributed by atoms with Crippen molar-refractivity contribution < 1.29 is 0 Å². The van der Waals surface area contributed by atoms with Gasteiger partial charge < -0.3 is 0 Å². The smallest absolute Gasteiger partial charge is 0.186 e. The minimum Gasteiger partial charge on any atom is -0.297 e. The van der Waals surface area contributed by atoms with Crippen LogP contribution in [0.1, 0.15) is 79.6 Å². The summed E-state index contributed by atoms with van der Waals surface area (Å²) >= 11 is 13.7. The van der Waals surface area contributed by atoms with Gasteiger partial charge in [0.15, 0.2) is 4.46 Å². The molecule has 0 fully saturated rings. The van der Waals surface area contributed by atoms with Crippen molar-refractivity contribution in [3.8, 4) is 0 Å². The van der Waals surface area contributed by atoms with Crippen molar-refractivity contribution in [3.63, 3.8) is 0 Å². The summed E-state index contributed by atoms with van der Waals surface area (Å²) in [5, 5.41) is 0. The summed E-state index contributed by atoms with van der Waals surface area (Å²) in [5.74, 6) is 0. The Morgan fingerprint density at radius 3 is 1.68 bits per heavy atom. The highest BCUT2D eigenvalue weighted by atomic mass is 35.5. The monoisotopic (exact) mass is 352 g/mol. The Bertz CT molecular complexity index is 251. The molecule has 4 heteroatoms. The van der Waals surface area contributed by atoms with Gasteiger partial charge in [-0.05, 0) is 32.6 Å². The maximum absolute atomic E-state index is 6.83. The molecule has 0 aromatic rings. The SMILES string of the molecule is CCCCCCCCC(N(CC)CC)C(Cl)(Cl)N(CC)CC. The first-order chi connectivity index (χ1) is 10.5. The molecule has 134 valence electrons. The molecule has 0 heterocycles. The molecule has 0 N–H and O–H groups in total. The van der Waals surface area contributed by atoms with E-state index in [0.29, 0.717) is 0 Å². The summed E-state index contributed by atoms with van der Waals surface area (Å²) in [6.45, 7) is 14.7. The van der Waals surface area contributed by atoms with Crippen LogP contribution in [0.15, 0.2) is 0 Å². The molecule has 0 rings (SSSR count). The quantitative estimate of drug-likeness (QED) is 0.217. The summed E-state index contributed by atoms with van der Waals surface area (Å²) in [4.78, 5) is 4.60. The maximum Gasteiger partial charge on any atom is 0.186 e. The minimum absolute atomic E-state index is 0.205. The Kier molecular flexibility index (Phi) is 13.2.